The number of benzene rings is 1. The molecule has 1 unspecified atom stereocenters. The maximum atomic E-state index is 12.1. The number of rotatable bonds is 5. The Bertz CT molecular complexity index is 481. The topological polar surface area (TPSA) is 53.0 Å². The quantitative estimate of drug-likeness (QED) is 0.894. The summed E-state index contributed by atoms with van der Waals surface area (Å²) in [4.78, 5) is 16.4. The minimum atomic E-state index is -0.951. The Kier molecular flexibility index (Phi) is 4.85. The first-order valence-electron chi connectivity index (χ1n) is 7.36. The van der Waals surface area contributed by atoms with Gasteiger partial charge in [-0.15, -0.1) is 0 Å². The summed E-state index contributed by atoms with van der Waals surface area (Å²) in [6.45, 7) is 5.26. The minimum Gasteiger partial charge on any atom is -0.497 e. The first kappa shape index (κ1) is 15.8. The zero-order valence-corrected chi connectivity index (χ0v) is 13.0. The van der Waals surface area contributed by atoms with Crippen molar-refractivity contribution in [2.24, 2.45) is 0 Å². The van der Waals surface area contributed by atoms with E-state index in [4.69, 9.17) is 4.74 Å². The van der Waals surface area contributed by atoms with Gasteiger partial charge in [-0.05, 0) is 31.2 Å². The summed E-state index contributed by atoms with van der Waals surface area (Å²) in [6.07, 6.45) is 0.540. The van der Waals surface area contributed by atoms with E-state index in [0.717, 1.165) is 37.5 Å². The molecule has 1 atom stereocenters. The third kappa shape index (κ3) is 2.89. The second-order valence-corrected chi connectivity index (χ2v) is 5.54. The van der Waals surface area contributed by atoms with E-state index in [0.29, 0.717) is 6.42 Å². The zero-order valence-electron chi connectivity index (χ0n) is 13.0. The molecule has 0 saturated carbocycles. The summed E-state index contributed by atoms with van der Waals surface area (Å²) in [5, 5.41) is 9.94. The number of aliphatic carboxylic acids is 1. The lowest BCUT2D eigenvalue weighted by molar-refractivity contribution is -0.154. The van der Waals surface area contributed by atoms with Crippen molar-refractivity contribution in [3.05, 3.63) is 29.8 Å². The van der Waals surface area contributed by atoms with E-state index in [1.54, 1.807) is 7.11 Å². The van der Waals surface area contributed by atoms with Crippen molar-refractivity contribution in [2.75, 3.05) is 40.3 Å². The lowest BCUT2D eigenvalue weighted by Gasteiger charge is -2.44. The van der Waals surface area contributed by atoms with Crippen LogP contribution in [0.4, 0.5) is 0 Å². The van der Waals surface area contributed by atoms with Crippen molar-refractivity contribution in [2.45, 2.75) is 18.9 Å². The highest BCUT2D eigenvalue weighted by Crippen LogP contribution is 2.34. The Morgan fingerprint density at radius 3 is 2.24 bits per heavy atom. The molecule has 0 aliphatic carbocycles. The normalized spacial score (nSPS) is 20.0. The maximum Gasteiger partial charge on any atom is 0.328 e. The molecule has 1 fully saturated rings. The average molecular weight is 292 g/mol. The average Bonchev–Trinajstić information content (AvgIpc) is 2.50. The number of carboxylic acid groups (broad SMARTS) is 1. The monoisotopic (exact) mass is 292 g/mol. The van der Waals surface area contributed by atoms with Gasteiger partial charge in [0.25, 0.3) is 0 Å². The molecule has 0 radical (unpaired) electrons. The first-order valence-corrected chi connectivity index (χ1v) is 7.36. The van der Waals surface area contributed by atoms with E-state index >= 15 is 0 Å². The van der Waals surface area contributed by atoms with Crippen molar-refractivity contribution < 1.29 is 14.6 Å². The van der Waals surface area contributed by atoms with E-state index in [1.807, 2.05) is 31.2 Å². The molecule has 116 valence electrons. The molecule has 1 aromatic carbocycles. The van der Waals surface area contributed by atoms with Crippen molar-refractivity contribution in [1.82, 2.24) is 9.80 Å². The van der Waals surface area contributed by atoms with Gasteiger partial charge in [-0.1, -0.05) is 19.1 Å². The van der Waals surface area contributed by atoms with Gasteiger partial charge in [-0.25, -0.2) is 4.79 Å². The largest absolute Gasteiger partial charge is 0.497 e. The molecule has 1 aromatic rings. The van der Waals surface area contributed by atoms with Gasteiger partial charge in [-0.3, -0.25) is 4.90 Å². The van der Waals surface area contributed by atoms with Gasteiger partial charge in [0, 0.05) is 26.2 Å². The van der Waals surface area contributed by atoms with Crippen LogP contribution in [0, 0.1) is 0 Å². The molecule has 1 aliphatic heterocycles. The van der Waals surface area contributed by atoms with Gasteiger partial charge in [0.05, 0.1) is 7.11 Å². The molecule has 5 nitrogen and oxygen atoms in total. The number of hydrogen-bond acceptors (Lipinski definition) is 4. The summed E-state index contributed by atoms with van der Waals surface area (Å²) in [5.74, 6) is -0.0350. The smallest absolute Gasteiger partial charge is 0.328 e. The molecule has 1 heterocycles. The van der Waals surface area contributed by atoms with E-state index < -0.39 is 11.5 Å². The fourth-order valence-corrected chi connectivity index (χ4v) is 3.08. The third-order valence-corrected chi connectivity index (χ3v) is 4.48. The van der Waals surface area contributed by atoms with Crippen LogP contribution in [-0.4, -0.2) is 61.2 Å². The summed E-state index contributed by atoms with van der Waals surface area (Å²) in [6, 6.07) is 7.40. The van der Waals surface area contributed by atoms with Crippen molar-refractivity contribution in [3.8, 4) is 5.75 Å². The number of carboxylic acids is 1. The summed E-state index contributed by atoms with van der Waals surface area (Å²) in [5.41, 5.74) is -0.129. The van der Waals surface area contributed by atoms with Crippen LogP contribution in [0.1, 0.15) is 18.9 Å². The standard InChI is InChI=1S/C16H24N2O3/c1-4-16(15(19)20,18-11-9-17(2)10-12-18)13-5-7-14(21-3)8-6-13/h5-8H,4,9-12H2,1-3H3,(H,19,20). The van der Waals surface area contributed by atoms with Crippen LogP contribution >= 0.6 is 0 Å². The van der Waals surface area contributed by atoms with Crippen molar-refractivity contribution in [1.29, 1.82) is 0 Å². The number of carbonyl (C=O) groups is 1. The Balaban J connectivity index is 2.38. The summed E-state index contributed by atoms with van der Waals surface area (Å²) < 4.78 is 5.17. The molecule has 0 spiro atoms. The zero-order chi connectivity index (χ0) is 15.5. The molecule has 21 heavy (non-hydrogen) atoms. The Morgan fingerprint density at radius 1 is 1.24 bits per heavy atom. The molecule has 1 N–H and O–H groups in total. The van der Waals surface area contributed by atoms with Crippen LogP contribution in [0.15, 0.2) is 24.3 Å². The number of ether oxygens (including phenoxy) is 1. The van der Waals surface area contributed by atoms with Crippen LogP contribution in [0.2, 0.25) is 0 Å². The van der Waals surface area contributed by atoms with E-state index in [-0.39, 0.29) is 0 Å². The van der Waals surface area contributed by atoms with Gasteiger partial charge in [0.1, 0.15) is 11.3 Å². The predicted molar refractivity (Wildman–Crippen MR) is 81.7 cm³/mol. The summed E-state index contributed by atoms with van der Waals surface area (Å²) in [7, 11) is 3.68. The molecule has 1 aliphatic rings. The molecule has 1 saturated heterocycles. The lowest BCUT2D eigenvalue weighted by Crippen LogP contribution is -2.58. The number of hydrogen-bond donors (Lipinski definition) is 1. The number of likely N-dealkylation sites (N-methyl/N-ethyl adjacent to an activating group) is 1. The highest BCUT2D eigenvalue weighted by atomic mass is 16.5. The van der Waals surface area contributed by atoms with Crippen molar-refractivity contribution in [3.63, 3.8) is 0 Å². The SMILES string of the molecule is CCC(C(=O)O)(c1ccc(OC)cc1)N1CCN(C)CC1. The first-order chi connectivity index (χ1) is 10.0. The highest BCUT2D eigenvalue weighted by molar-refractivity contribution is 5.81. The van der Waals surface area contributed by atoms with Gasteiger partial charge in [0.2, 0.25) is 0 Å². The second kappa shape index (κ2) is 6.45. The molecule has 2 rings (SSSR count). The van der Waals surface area contributed by atoms with Crippen LogP contribution < -0.4 is 4.74 Å². The Hall–Kier alpha value is -1.59. The van der Waals surface area contributed by atoms with E-state index in [9.17, 15) is 9.90 Å². The molecule has 0 amide bonds. The fourth-order valence-electron chi connectivity index (χ4n) is 3.08. The fraction of sp³-hybridized carbons (Fsp3) is 0.562. The van der Waals surface area contributed by atoms with Crippen LogP contribution in [0.5, 0.6) is 5.75 Å². The second-order valence-electron chi connectivity index (χ2n) is 5.54. The van der Waals surface area contributed by atoms with Gasteiger partial charge in [0.15, 0.2) is 0 Å². The van der Waals surface area contributed by atoms with Crippen LogP contribution in [-0.2, 0) is 10.3 Å². The Morgan fingerprint density at radius 2 is 1.81 bits per heavy atom. The van der Waals surface area contributed by atoms with Gasteiger partial charge in [-0.2, -0.15) is 0 Å². The molecule has 5 heteroatoms. The van der Waals surface area contributed by atoms with Crippen LogP contribution in [0.25, 0.3) is 0 Å². The molecular formula is C16H24N2O3. The number of nitrogens with zero attached hydrogens (tertiary/aromatic N) is 2. The number of piperazine rings is 1. The molecule has 0 aromatic heterocycles. The van der Waals surface area contributed by atoms with Gasteiger partial charge < -0.3 is 14.7 Å². The van der Waals surface area contributed by atoms with E-state index in [1.165, 1.54) is 0 Å². The summed E-state index contributed by atoms with van der Waals surface area (Å²) >= 11 is 0. The van der Waals surface area contributed by atoms with Gasteiger partial charge >= 0.3 is 5.97 Å². The molecule has 0 bridgehead atoms. The van der Waals surface area contributed by atoms with Crippen molar-refractivity contribution >= 4 is 5.97 Å². The maximum absolute atomic E-state index is 12.1. The number of methoxy groups -OCH3 is 1. The Labute approximate surface area is 126 Å². The third-order valence-electron chi connectivity index (χ3n) is 4.48. The predicted octanol–water partition coefficient (Wildman–Crippen LogP) is 1.63. The van der Waals surface area contributed by atoms with E-state index in [2.05, 4.69) is 16.8 Å². The van der Waals surface area contributed by atoms with Crippen LogP contribution in [0.3, 0.4) is 0 Å². The minimum absolute atomic E-state index is 0.540. The molecular weight excluding hydrogens is 268 g/mol. The highest BCUT2D eigenvalue weighted by Gasteiger charge is 2.45. The lowest BCUT2D eigenvalue weighted by atomic mass is 9.84.